The second-order valence-corrected chi connectivity index (χ2v) is 6.33. The fraction of sp³-hybridized carbons (Fsp3) is 0.692. The van der Waals surface area contributed by atoms with Crippen LogP contribution >= 0.6 is 12.2 Å². The molecule has 4 nitrogen and oxygen atoms in total. The van der Waals surface area contributed by atoms with Crippen molar-refractivity contribution in [1.82, 2.24) is 14.9 Å². The number of nitrogens with zero attached hydrogens (tertiary/aromatic N) is 1. The number of hydrogen-bond acceptors (Lipinski definition) is 2. The third kappa shape index (κ3) is 3.22. The molecule has 0 aliphatic heterocycles. The van der Waals surface area contributed by atoms with Crippen LogP contribution in [0.3, 0.4) is 0 Å². The standard InChI is InChI=1S/C13H23N3OS/c1-8(2)15-11(17)9(3)16-10(13(4,5)6)7-14-12(16)18/h7-9H,1-6H3,(H,14,18)(H,15,17). The lowest BCUT2D eigenvalue weighted by Gasteiger charge is -2.24. The molecule has 1 heterocycles. The number of aromatic amines is 1. The van der Waals surface area contributed by atoms with Crippen molar-refractivity contribution in [3.63, 3.8) is 0 Å². The van der Waals surface area contributed by atoms with E-state index in [1.54, 1.807) is 0 Å². The number of nitrogens with one attached hydrogen (secondary N) is 2. The molecule has 1 amide bonds. The Morgan fingerprint density at radius 2 is 1.94 bits per heavy atom. The Labute approximate surface area is 114 Å². The summed E-state index contributed by atoms with van der Waals surface area (Å²) in [7, 11) is 0. The minimum absolute atomic E-state index is 0.00815. The molecule has 0 spiro atoms. The molecule has 0 aromatic carbocycles. The average Bonchev–Trinajstić information content (AvgIpc) is 2.57. The summed E-state index contributed by atoms with van der Waals surface area (Å²) in [5.41, 5.74) is 0.985. The lowest BCUT2D eigenvalue weighted by atomic mass is 9.92. The van der Waals surface area contributed by atoms with Crippen LogP contribution in [0.2, 0.25) is 0 Å². The SMILES string of the molecule is CC(C)NC(=O)C(C)n1c(C(C)(C)C)c[nH]c1=S. The molecule has 0 aliphatic carbocycles. The van der Waals surface area contributed by atoms with Crippen LogP contribution in [0.5, 0.6) is 0 Å². The van der Waals surface area contributed by atoms with Gasteiger partial charge in [0.25, 0.3) is 0 Å². The molecular weight excluding hydrogens is 246 g/mol. The van der Waals surface area contributed by atoms with Gasteiger partial charge in [0.15, 0.2) is 4.77 Å². The van der Waals surface area contributed by atoms with Crippen molar-refractivity contribution in [1.29, 1.82) is 0 Å². The molecule has 0 saturated carbocycles. The van der Waals surface area contributed by atoms with Crippen molar-refractivity contribution in [3.8, 4) is 0 Å². The molecule has 18 heavy (non-hydrogen) atoms. The second kappa shape index (κ2) is 5.26. The number of amides is 1. The highest BCUT2D eigenvalue weighted by Gasteiger charge is 2.25. The molecule has 1 rings (SSSR count). The minimum Gasteiger partial charge on any atom is -0.352 e. The summed E-state index contributed by atoms with van der Waals surface area (Å²) in [6, 6.07) is -0.175. The van der Waals surface area contributed by atoms with E-state index in [1.807, 2.05) is 31.5 Å². The number of carbonyl (C=O) groups is 1. The molecule has 0 aliphatic rings. The molecule has 0 saturated heterocycles. The van der Waals surface area contributed by atoms with Crippen molar-refractivity contribution in [2.24, 2.45) is 0 Å². The Hall–Kier alpha value is -1.10. The summed E-state index contributed by atoms with van der Waals surface area (Å²) in [6.07, 6.45) is 1.89. The zero-order valence-corrected chi connectivity index (χ0v) is 12.8. The van der Waals surface area contributed by atoms with E-state index in [-0.39, 0.29) is 23.4 Å². The molecule has 1 aromatic heterocycles. The van der Waals surface area contributed by atoms with Gasteiger partial charge in [0, 0.05) is 23.3 Å². The fourth-order valence-corrected chi connectivity index (χ4v) is 2.18. The first-order valence-corrected chi connectivity index (χ1v) is 6.66. The first-order chi connectivity index (χ1) is 8.14. The Bertz CT molecular complexity index is 479. The van der Waals surface area contributed by atoms with Gasteiger partial charge in [-0.1, -0.05) is 20.8 Å². The Kier molecular flexibility index (Phi) is 4.37. The van der Waals surface area contributed by atoms with Crippen LogP contribution in [0.15, 0.2) is 6.20 Å². The maximum Gasteiger partial charge on any atom is 0.243 e. The van der Waals surface area contributed by atoms with Crippen LogP contribution in [0.1, 0.15) is 53.3 Å². The molecular formula is C13H23N3OS. The van der Waals surface area contributed by atoms with Crippen LogP contribution in [-0.2, 0) is 10.2 Å². The molecule has 102 valence electrons. The summed E-state index contributed by atoms with van der Waals surface area (Å²) in [5.74, 6) is -0.00815. The first-order valence-electron chi connectivity index (χ1n) is 6.25. The van der Waals surface area contributed by atoms with Crippen LogP contribution in [0.25, 0.3) is 0 Å². The van der Waals surface area contributed by atoms with Crippen molar-refractivity contribution in [3.05, 3.63) is 16.7 Å². The highest BCUT2D eigenvalue weighted by atomic mass is 32.1. The maximum atomic E-state index is 12.1. The van der Waals surface area contributed by atoms with Gasteiger partial charge < -0.3 is 14.9 Å². The molecule has 0 radical (unpaired) electrons. The number of hydrogen-bond donors (Lipinski definition) is 2. The van der Waals surface area contributed by atoms with E-state index in [0.717, 1.165) is 5.69 Å². The summed E-state index contributed by atoms with van der Waals surface area (Å²) in [5, 5.41) is 2.92. The van der Waals surface area contributed by atoms with Crippen molar-refractivity contribution >= 4 is 18.1 Å². The van der Waals surface area contributed by atoms with Gasteiger partial charge in [0.2, 0.25) is 5.91 Å². The van der Waals surface area contributed by atoms with Crippen LogP contribution in [-0.4, -0.2) is 21.5 Å². The summed E-state index contributed by atoms with van der Waals surface area (Å²) in [6.45, 7) is 12.1. The van der Waals surface area contributed by atoms with Crippen molar-refractivity contribution in [2.75, 3.05) is 0 Å². The third-order valence-electron chi connectivity index (χ3n) is 2.78. The lowest BCUT2D eigenvalue weighted by Crippen LogP contribution is -2.37. The Balaban J connectivity index is 3.13. The molecule has 2 N–H and O–H groups in total. The number of imidazole rings is 1. The van der Waals surface area contributed by atoms with Gasteiger partial charge in [-0.25, -0.2) is 0 Å². The number of carbonyl (C=O) groups excluding carboxylic acids is 1. The molecule has 0 bridgehead atoms. The van der Waals surface area contributed by atoms with E-state index in [0.29, 0.717) is 4.77 Å². The second-order valence-electron chi connectivity index (χ2n) is 5.94. The molecule has 1 unspecified atom stereocenters. The van der Waals surface area contributed by atoms with Gasteiger partial charge in [-0.3, -0.25) is 4.79 Å². The molecule has 0 fully saturated rings. The predicted molar refractivity (Wildman–Crippen MR) is 76.3 cm³/mol. The number of rotatable bonds is 3. The molecule has 1 aromatic rings. The molecule has 1 atom stereocenters. The van der Waals surface area contributed by atoms with Crippen LogP contribution < -0.4 is 5.32 Å². The summed E-state index contributed by atoms with van der Waals surface area (Å²) < 4.78 is 2.49. The fourth-order valence-electron chi connectivity index (χ4n) is 1.86. The van der Waals surface area contributed by atoms with E-state index in [2.05, 4.69) is 31.1 Å². The van der Waals surface area contributed by atoms with E-state index < -0.39 is 0 Å². The Morgan fingerprint density at radius 1 is 1.39 bits per heavy atom. The minimum atomic E-state index is -0.305. The van der Waals surface area contributed by atoms with Gasteiger partial charge in [0.1, 0.15) is 6.04 Å². The van der Waals surface area contributed by atoms with Crippen molar-refractivity contribution < 1.29 is 4.79 Å². The monoisotopic (exact) mass is 269 g/mol. The van der Waals surface area contributed by atoms with Gasteiger partial charge >= 0.3 is 0 Å². The van der Waals surface area contributed by atoms with E-state index >= 15 is 0 Å². The van der Waals surface area contributed by atoms with E-state index in [9.17, 15) is 4.79 Å². The average molecular weight is 269 g/mol. The number of H-pyrrole nitrogens is 1. The summed E-state index contributed by atoms with van der Waals surface area (Å²) in [4.78, 5) is 15.1. The third-order valence-corrected chi connectivity index (χ3v) is 3.09. The first kappa shape index (κ1) is 15.0. The maximum absolute atomic E-state index is 12.1. The normalized spacial score (nSPS) is 13.7. The van der Waals surface area contributed by atoms with Gasteiger partial charge in [-0.05, 0) is 33.0 Å². The van der Waals surface area contributed by atoms with Crippen molar-refractivity contribution in [2.45, 2.75) is 59.0 Å². The zero-order chi connectivity index (χ0) is 14.1. The highest BCUT2D eigenvalue weighted by Crippen LogP contribution is 2.25. The van der Waals surface area contributed by atoms with Gasteiger partial charge in [0.05, 0.1) is 0 Å². The summed E-state index contributed by atoms with van der Waals surface area (Å²) >= 11 is 5.28. The smallest absolute Gasteiger partial charge is 0.243 e. The van der Waals surface area contributed by atoms with E-state index in [4.69, 9.17) is 12.2 Å². The van der Waals surface area contributed by atoms with E-state index in [1.165, 1.54) is 0 Å². The van der Waals surface area contributed by atoms with Crippen LogP contribution in [0.4, 0.5) is 0 Å². The predicted octanol–water partition coefficient (Wildman–Crippen LogP) is 2.93. The van der Waals surface area contributed by atoms with Gasteiger partial charge in [-0.15, -0.1) is 0 Å². The number of aromatic nitrogens is 2. The van der Waals surface area contributed by atoms with Gasteiger partial charge in [-0.2, -0.15) is 0 Å². The van der Waals surface area contributed by atoms with Crippen LogP contribution in [0, 0.1) is 4.77 Å². The lowest BCUT2D eigenvalue weighted by molar-refractivity contribution is -0.124. The quantitative estimate of drug-likeness (QED) is 0.829. The Morgan fingerprint density at radius 3 is 2.39 bits per heavy atom. The topological polar surface area (TPSA) is 49.8 Å². The largest absolute Gasteiger partial charge is 0.352 e. The highest BCUT2D eigenvalue weighted by molar-refractivity contribution is 7.71. The zero-order valence-electron chi connectivity index (χ0n) is 12.0. The molecule has 5 heteroatoms.